The van der Waals surface area contributed by atoms with Gasteiger partial charge in [-0.25, -0.2) is 4.79 Å². The topological polar surface area (TPSA) is 99.3 Å². The molecule has 0 radical (unpaired) electrons. The number of carboxylic acid groups (broad SMARTS) is 1. The number of pyridine rings is 1. The van der Waals surface area contributed by atoms with E-state index in [4.69, 9.17) is 0 Å². The Morgan fingerprint density at radius 1 is 1.07 bits per heavy atom. The Morgan fingerprint density at radius 3 is 2.52 bits per heavy atom. The van der Waals surface area contributed by atoms with E-state index in [1.54, 1.807) is 18.2 Å². The maximum atomic E-state index is 12.7. The van der Waals surface area contributed by atoms with Gasteiger partial charge in [-0.3, -0.25) is 9.59 Å². The molecule has 3 N–H and O–H groups in total. The summed E-state index contributed by atoms with van der Waals surface area (Å²) in [5.41, 5.74) is 3.80. The Bertz CT molecular complexity index is 946. The molecule has 0 fully saturated rings. The number of aliphatic carboxylic acids is 1. The van der Waals surface area contributed by atoms with Gasteiger partial charge in [0.25, 0.3) is 11.5 Å². The first-order chi connectivity index (χ1) is 12.9. The predicted molar refractivity (Wildman–Crippen MR) is 102 cm³/mol. The summed E-state index contributed by atoms with van der Waals surface area (Å²) in [5, 5.41) is 12.1. The van der Waals surface area contributed by atoms with Gasteiger partial charge in [0.2, 0.25) is 0 Å². The van der Waals surface area contributed by atoms with Crippen LogP contribution in [0.25, 0.3) is 0 Å². The van der Waals surface area contributed by atoms with Crippen LogP contribution in [-0.2, 0) is 17.6 Å². The third-order valence-corrected chi connectivity index (χ3v) is 5.22. The van der Waals surface area contributed by atoms with Crippen molar-refractivity contribution in [3.05, 3.63) is 68.1 Å². The van der Waals surface area contributed by atoms with E-state index < -0.39 is 23.5 Å². The Morgan fingerprint density at radius 2 is 1.81 bits per heavy atom. The number of aromatic amines is 1. The molecular weight excluding hydrogens is 344 g/mol. The number of carboxylic acids is 1. The molecule has 1 atom stereocenters. The maximum Gasteiger partial charge on any atom is 0.330 e. The lowest BCUT2D eigenvalue weighted by molar-refractivity contribution is -0.139. The van der Waals surface area contributed by atoms with Gasteiger partial charge in [0.15, 0.2) is 6.04 Å². The normalized spacial score (nSPS) is 14.7. The van der Waals surface area contributed by atoms with E-state index in [0.717, 1.165) is 54.5 Å². The SMILES string of the molecule is Cc1ccc(C(NC(=O)c2cc3c([nH]c2=O)CCCCC3)C(=O)O)cc1C. The standard InChI is InChI=1S/C21H24N2O4/c1-12-8-9-15(10-13(12)2)18(21(26)27)23-20(25)16-11-14-6-4-3-5-7-17(14)22-19(16)24/h8-11,18H,3-7H2,1-2H3,(H,22,24)(H,23,25)(H,26,27). The number of H-pyrrole nitrogens is 1. The lowest BCUT2D eigenvalue weighted by Gasteiger charge is -2.16. The summed E-state index contributed by atoms with van der Waals surface area (Å²) < 4.78 is 0. The fourth-order valence-corrected chi connectivity index (χ4v) is 3.46. The zero-order valence-electron chi connectivity index (χ0n) is 15.6. The predicted octanol–water partition coefficient (Wildman–Crippen LogP) is 2.82. The zero-order chi connectivity index (χ0) is 19.6. The highest BCUT2D eigenvalue weighted by atomic mass is 16.4. The molecule has 27 heavy (non-hydrogen) atoms. The van der Waals surface area contributed by atoms with Gasteiger partial charge in [-0.1, -0.05) is 24.6 Å². The Kier molecular flexibility index (Phi) is 5.44. The molecular formula is C21H24N2O4. The van der Waals surface area contributed by atoms with Crippen LogP contribution >= 0.6 is 0 Å². The largest absolute Gasteiger partial charge is 0.479 e. The van der Waals surface area contributed by atoms with Gasteiger partial charge >= 0.3 is 5.97 Å². The smallest absolute Gasteiger partial charge is 0.330 e. The highest BCUT2D eigenvalue weighted by Crippen LogP contribution is 2.20. The van der Waals surface area contributed by atoms with Crippen molar-refractivity contribution in [2.45, 2.75) is 52.0 Å². The molecule has 0 aliphatic heterocycles. The van der Waals surface area contributed by atoms with Crippen LogP contribution in [0.2, 0.25) is 0 Å². The molecule has 6 heteroatoms. The van der Waals surface area contributed by atoms with E-state index in [9.17, 15) is 19.5 Å². The summed E-state index contributed by atoms with van der Waals surface area (Å²) in [7, 11) is 0. The second-order valence-corrected chi connectivity index (χ2v) is 7.16. The van der Waals surface area contributed by atoms with Crippen molar-refractivity contribution in [2.24, 2.45) is 0 Å². The van der Waals surface area contributed by atoms with Gasteiger partial charge in [-0.15, -0.1) is 0 Å². The van der Waals surface area contributed by atoms with Crippen molar-refractivity contribution in [2.75, 3.05) is 0 Å². The van der Waals surface area contributed by atoms with Crippen molar-refractivity contribution in [3.63, 3.8) is 0 Å². The first-order valence-electron chi connectivity index (χ1n) is 9.22. The van der Waals surface area contributed by atoms with Crippen LogP contribution < -0.4 is 10.9 Å². The minimum absolute atomic E-state index is 0.0364. The number of fused-ring (bicyclic) bond motifs is 1. The number of amides is 1. The fourth-order valence-electron chi connectivity index (χ4n) is 3.46. The van der Waals surface area contributed by atoms with E-state index in [1.807, 2.05) is 19.9 Å². The van der Waals surface area contributed by atoms with E-state index in [1.165, 1.54) is 0 Å². The second-order valence-electron chi connectivity index (χ2n) is 7.16. The number of carbonyl (C=O) groups excluding carboxylic acids is 1. The number of aryl methyl sites for hydroxylation is 4. The van der Waals surface area contributed by atoms with Crippen LogP contribution in [0.3, 0.4) is 0 Å². The van der Waals surface area contributed by atoms with Gasteiger partial charge in [0, 0.05) is 5.69 Å². The number of rotatable bonds is 4. The average Bonchev–Trinajstić information content (AvgIpc) is 2.85. The molecule has 1 aliphatic rings. The van der Waals surface area contributed by atoms with Crippen molar-refractivity contribution in [1.82, 2.24) is 10.3 Å². The van der Waals surface area contributed by atoms with Gasteiger partial charge in [0.05, 0.1) is 0 Å². The van der Waals surface area contributed by atoms with Gasteiger partial charge in [0.1, 0.15) is 5.56 Å². The Hall–Kier alpha value is -2.89. The van der Waals surface area contributed by atoms with Crippen LogP contribution in [0.15, 0.2) is 29.1 Å². The molecule has 1 aromatic heterocycles. The van der Waals surface area contributed by atoms with Gasteiger partial charge < -0.3 is 15.4 Å². The molecule has 1 aliphatic carbocycles. The number of aromatic nitrogens is 1. The fraction of sp³-hybridized carbons (Fsp3) is 0.381. The van der Waals surface area contributed by atoms with Crippen LogP contribution in [-0.4, -0.2) is 22.0 Å². The Labute approximate surface area is 157 Å². The first-order valence-corrected chi connectivity index (χ1v) is 9.22. The highest BCUT2D eigenvalue weighted by Gasteiger charge is 2.25. The minimum atomic E-state index is -1.21. The third-order valence-electron chi connectivity index (χ3n) is 5.22. The van der Waals surface area contributed by atoms with Crippen molar-refractivity contribution >= 4 is 11.9 Å². The van der Waals surface area contributed by atoms with Gasteiger partial charge in [-0.05, 0) is 67.9 Å². The number of carbonyl (C=O) groups is 2. The highest BCUT2D eigenvalue weighted by molar-refractivity contribution is 5.96. The van der Waals surface area contributed by atoms with Crippen LogP contribution in [0.4, 0.5) is 0 Å². The zero-order valence-corrected chi connectivity index (χ0v) is 15.6. The summed E-state index contributed by atoms with van der Waals surface area (Å²) in [6.07, 6.45) is 4.73. The lowest BCUT2D eigenvalue weighted by atomic mass is 10.0. The van der Waals surface area contributed by atoms with Crippen molar-refractivity contribution in [3.8, 4) is 0 Å². The first kappa shape index (κ1) is 18.9. The van der Waals surface area contributed by atoms with E-state index in [0.29, 0.717) is 5.56 Å². The van der Waals surface area contributed by atoms with Crippen LogP contribution in [0.1, 0.15) is 63.6 Å². The monoisotopic (exact) mass is 368 g/mol. The summed E-state index contributed by atoms with van der Waals surface area (Å²) in [5.74, 6) is -1.84. The van der Waals surface area contributed by atoms with Crippen molar-refractivity contribution < 1.29 is 14.7 Å². The molecule has 1 aromatic carbocycles. The van der Waals surface area contributed by atoms with Gasteiger partial charge in [-0.2, -0.15) is 0 Å². The van der Waals surface area contributed by atoms with E-state index in [2.05, 4.69) is 10.3 Å². The molecule has 3 rings (SSSR count). The summed E-state index contributed by atoms with van der Waals surface area (Å²) >= 11 is 0. The average molecular weight is 368 g/mol. The number of benzene rings is 1. The number of nitrogens with one attached hydrogen (secondary N) is 2. The molecule has 0 bridgehead atoms. The molecule has 1 unspecified atom stereocenters. The third kappa shape index (κ3) is 4.10. The minimum Gasteiger partial charge on any atom is -0.479 e. The summed E-state index contributed by atoms with van der Waals surface area (Å²) in [4.78, 5) is 39.6. The molecule has 142 valence electrons. The molecule has 0 saturated heterocycles. The second kappa shape index (κ2) is 7.78. The van der Waals surface area contributed by atoms with Crippen molar-refractivity contribution in [1.29, 1.82) is 0 Å². The van der Waals surface area contributed by atoms with Crippen LogP contribution in [0, 0.1) is 13.8 Å². The summed E-state index contributed by atoms with van der Waals surface area (Å²) in [6.45, 7) is 3.82. The van der Waals surface area contributed by atoms with E-state index in [-0.39, 0.29) is 5.56 Å². The molecule has 0 spiro atoms. The van der Waals surface area contributed by atoms with E-state index >= 15 is 0 Å². The molecule has 1 heterocycles. The quantitative estimate of drug-likeness (QED) is 0.723. The van der Waals surface area contributed by atoms with Crippen LogP contribution in [0.5, 0.6) is 0 Å². The number of hydrogen-bond donors (Lipinski definition) is 3. The molecule has 2 aromatic rings. The maximum absolute atomic E-state index is 12.7. The molecule has 6 nitrogen and oxygen atoms in total. The lowest BCUT2D eigenvalue weighted by Crippen LogP contribution is -2.37. The Balaban J connectivity index is 1.90. The molecule has 0 saturated carbocycles. The summed E-state index contributed by atoms with van der Waals surface area (Å²) in [6, 6.07) is 5.66. The number of hydrogen-bond acceptors (Lipinski definition) is 3. The molecule has 1 amide bonds.